The molecule has 1 N–H and O–H groups in total. The van der Waals surface area contributed by atoms with Gasteiger partial charge in [0.2, 0.25) is 0 Å². The van der Waals surface area contributed by atoms with E-state index >= 15 is 0 Å². The van der Waals surface area contributed by atoms with E-state index in [0.717, 1.165) is 25.2 Å². The number of carbonyl (C=O) groups excluding carboxylic acids is 1. The van der Waals surface area contributed by atoms with E-state index in [1.54, 1.807) is 18.0 Å². The summed E-state index contributed by atoms with van der Waals surface area (Å²) in [6.45, 7) is 8.81. The molecule has 1 fully saturated rings. The molecule has 1 atom stereocenters. The van der Waals surface area contributed by atoms with Gasteiger partial charge in [0.1, 0.15) is 5.69 Å². The maximum Gasteiger partial charge on any atom is 0.345 e. The molecule has 0 aliphatic carbocycles. The van der Waals surface area contributed by atoms with Crippen LogP contribution >= 0.6 is 0 Å². The lowest BCUT2D eigenvalue weighted by Gasteiger charge is -2.32. The zero-order valence-electron chi connectivity index (χ0n) is 14.8. The van der Waals surface area contributed by atoms with E-state index in [4.69, 9.17) is 0 Å². The quantitative estimate of drug-likeness (QED) is 0.916. The molecule has 1 amide bonds. The summed E-state index contributed by atoms with van der Waals surface area (Å²) in [5, 5.41) is 0. The lowest BCUT2D eigenvalue weighted by molar-refractivity contribution is 0.0734. The summed E-state index contributed by atoms with van der Waals surface area (Å²) in [5.41, 5.74) is 0.255. The number of amides is 1. The van der Waals surface area contributed by atoms with Gasteiger partial charge in [0.05, 0.1) is 0 Å². The van der Waals surface area contributed by atoms with Crippen molar-refractivity contribution in [3.05, 3.63) is 27.9 Å². The Morgan fingerprint density at radius 2 is 2.17 bits per heavy atom. The largest absolute Gasteiger partial charge is 0.345 e. The fraction of sp³-hybridized carbons (Fsp3) is 0.706. The lowest BCUT2D eigenvalue weighted by Crippen LogP contribution is -2.40. The standard InChI is InChI=1S/C17H28N4O2/c1-17(2,3)14-9-13(18-16(23)19-14)15(22)21(5)11-12-7-6-8-20(4)10-12/h9,12H,6-8,10-11H2,1-5H3,(H,18,19,23). The number of H-pyrrole nitrogens is 1. The summed E-state index contributed by atoms with van der Waals surface area (Å²) >= 11 is 0. The Hall–Kier alpha value is -1.69. The zero-order chi connectivity index (χ0) is 17.2. The molecule has 1 aromatic rings. The smallest absolute Gasteiger partial charge is 0.340 e. The molecule has 6 heteroatoms. The van der Waals surface area contributed by atoms with Crippen LogP contribution in [-0.4, -0.2) is 59.4 Å². The molecular weight excluding hydrogens is 292 g/mol. The molecule has 2 rings (SSSR count). The molecule has 1 aromatic heterocycles. The molecule has 0 radical (unpaired) electrons. The van der Waals surface area contributed by atoms with Crippen molar-refractivity contribution in [2.24, 2.45) is 5.92 Å². The SMILES string of the molecule is CN1CCCC(CN(C)C(=O)c2cc(C(C)(C)C)[nH]c(=O)n2)C1. The van der Waals surface area contributed by atoms with Crippen LogP contribution < -0.4 is 5.69 Å². The molecular formula is C17H28N4O2. The number of likely N-dealkylation sites (tertiary alicyclic amines) is 1. The molecule has 2 heterocycles. The number of aromatic nitrogens is 2. The number of piperidine rings is 1. The highest BCUT2D eigenvalue weighted by Gasteiger charge is 2.24. The van der Waals surface area contributed by atoms with Crippen molar-refractivity contribution in [3.8, 4) is 0 Å². The summed E-state index contributed by atoms with van der Waals surface area (Å²) in [7, 11) is 3.90. The van der Waals surface area contributed by atoms with Gasteiger partial charge in [-0.2, -0.15) is 4.98 Å². The first-order valence-corrected chi connectivity index (χ1v) is 8.22. The van der Waals surface area contributed by atoms with Gasteiger partial charge >= 0.3 is 5.69 Å². The van der Waals surface area contributed by atoms with Crippen molar-refractivity contribution >= 4 is 5.91 Å². The third-order valence-corrected chi connectivity index (χ3v) is 4.37. The van der Waals surface area contributed by atoms with Gasteiger partial charge in [-0.05, 0) is 38.4 Å². The van der Waals surface area contributed by atoms with Crippen molar-refractivity contribution < 1.29 is 4.79 Å². The number of hydrogen-bond acceptors (Lipinski definition) is 4. The molecule has 0 saturated carbocycles. The van der Waals surface area contributed by atoms with Gasteiger partial charge in [-0.15, -0.1) is 0 Å². The van der Waals surface area contributed by atoms with Crippen molar-refractivity contribution in [2.75, 3.05) is 33.7 Å². The van der Waals surface area contributed by atoms with Crippen LogP contribution in [-0.2, 0) is 5.41 Å². The Labute approximate surface area is 137 Å². The monoisotopic (exact) mass is 320 g/mol. The maximum absolute atomic E-state index is 12.6. The molecule has 0 bridgehead atoms. The third kappa shape index (κ3) is 4.64. The summed E-state index contributed by atoms with van der Waals surface area (Å²) in [6, 6.07) is 1.70. The Bertz CT molecular complexity index is 618. The van der Waals surface area contributed by atoms with E-state index in [-0.39, 0.29) is 17.0 Å². The number of hydrogen-bond donors (Lipinski definition) is 1. The summed E-state index contributed by atoms with van der Waals surface area (Å²) in [4.78, 5) is 35.0. The molecule has 1 aliphatic rings. The highest BCUT2D eigenvalue weighted by molar-refractivity contribution is 5.92. The van der Waals surface area contributed by atoms with Gasteiger partial charge in [0.25, 0.3) is 5.91 Å². The highest BCUT2D eigenvalue weighted by atomic mass is 16.2. The minimum Gasteiger partial charge on any atom is -0.340 e. The van der Waals surface area contributed by atoms with Crippen LogP contribution in [0.15, 0.2) is 10.9 Å². The van der Waals surface area contributed by atoms with Crippen LogP contribution in [0.3, 0.4) is 0 Å². The predicted octanol–water partition coefficient (Wildman–Crippen LogP) is 1.48. The number of nitrogens with one attached hydrogen (secondary N) is 1. The molecule has 0 aromatic carbocycles. The Morgan fingerprint density at radius 3 is 2.78 bits per heavy atom. The minimum absolute atomic E-state index is 0.185. The fourth-order valence-electron chi connectivity index (χ4n) is 3.06. The second-order valence-electron chi connectivity index (χ2n) is 7.69. The highest BCUT2D eigenvalue weighted by Crippen LogP contribution is 2.20. The minimum atomic E-state index is -0.466. The second-order valence-corrected chi connectivity index (χ2v) is 7.69. The van der Waals surface area contributed by atoms with Gasteiger partial charge in [0, 0.05) is 31.2 Å². The van der Waals surface area contributed by atoms with Crippen LogP contribution in [0.2, 0.25) is 0 Å². The van der Waals surface area contributed by atoms with Crippen LogP contribution in [0.1, 0.15) is 49.8 Å². The number of aromatic amines is 1. The van der Waals surface area contributed by atoms with Crippen molar-refractivity contribution in [1.82, 2.24) is 19.8 Å². The van der Waals surface area contributed by atoms with E-state index in [9.17, 15) is 9.59 Å². The topological polar surface area (TPSA) is 69.3 Å². The van der Waals surface area contributed by atoms with Crippen molar-refractivity contribution in [3.63, 3.8) is 0 Å². The van der Waals surface area contributed by atoms with Gasteiger partial charge in [-0.3, -0.25) is 4.79 Å². The number of carbonyl (C=O) groups is 1. The average Bonchev–Trinajstić information content (AvgIpc) is 2.44. The first-order valence-electron chi connectivity index (χ1n) is 8.22. The predicted molar refractivity (Wildman–Crippen MR) is 90.7 cm³/mol. The molecule has 6 nitrogen and oxygen atoms in total. The fourth-order valence-corrected chi connectivity index (χ4v) is 3.06. The van der Waals surface area contributed by atoms with Gasteiger partial charge in [0.15, 0.2) is 0 Å². The van der Waals surface area contributed by atoms with Crippen LogP contribution in [0.25, 0.3) is 0 Å². The van der Waals surface area contributed by atoms with Crippen LogP contribution in [0, 0.1) is 5.92 Å². The second kappa shape index (κ2) is 6.83. The van der Waals surface area contributed by atoms with E-state index in [1.165, 1.54) is 6.42 Å². The third-order valence-electron chi connectivity index (χ3n) is 4.37. The molecule has 1 unspecified atom stereocenters. The van der Waals surface area contributed by atoms with E-state index < -0.39 is 5.69 Å². The van der Waals surface area contributed by atoms with Crippen molar-refractivity contribution in [2.45, 2.75) is 39.0 Å². The molecule has 0 spiro atoms. The van der Waals surface area contributed by atoms with Gasteiger partial charge in [-0.25, -0.2) is 4.79 Å². The van der Waals surface area contributed by atoms with Crippen molar-refractivity contribution in [1.29, 1.82) is 0 Å². The summed E-state index contributed by atoms with van der Waals surface area (Å²) in [6.07, 6.45) is 2.30. The molecule has 23 heavy (non-hydrogen) atoms. The first kappa shape index (κ1) is 17.7. The average molecular weight is 320 g/mol. The molecule has 128 valence electrons. The Kier molecular flexibility index (Phi) is 5.24. The number of rotatable bonds is 3. The first-order chi connectivity index (χ1) is 10.7. The van der Waals surface area contributed by atoms with Crippen LogP contribution in [0.5, 0.6) is 0 Å². The van der Waals surface area contributed by atoms with Gasteiger partial charge < -0.3 is 14.8 Å². The lowest BCUT2D eigenvalue weighted by atomic mass is 9.91. The molecule has 1 saturated heterocycles. The molecule has 1 aliphatic heterocycles. The summed E-state index contributed by atoms with van der Waals surface area (Å²) in [5.74, 6) is 0.293. The maximum atomic E-state index is 12.6. The Morgan fingerprint density at radius 1 is 1.48 bits per heavy atom. The van der Waals surface area contributed by atoms with E-state index in [2.05, 4.69) is 21.9 Å². The normalized spacial score (nSPS) is 19.6. The van der Waals surface area contributed by atoms with Crippen LogP contribution in [0.4, 0.5) is 0 Å². The van der Waals surface area contributed by atoms with E-state index in [0.29, 0.717) is 12.5 Å². The number of nitrogens with zero attached hydrogens (tertiary/aromatic N) is 3. The zero-order valence-corrected chi connectivity index (χ0v) is 14.8. The summed E-state index contributed by atoms with van der Waals surface area (Å²) < 4.78 is 0. The van der Waals surface area contributed by atoms with E-state index in [1.807, 2.05) is 20.8 Å². The van der Waals surface area contributed by atoms with Gasteiger partial charge in [-0.1, -0.05) is 20.8 Å². The Balaban J connectivity index is 2.13.